The average Bonchev–Trinajstić information content (AvgIpc) is 2.54. The summed E-state index contributed by atoms with van der Waals surface area (Å²) in [5.41, 5.74) is 0.415. The molecule has 120 valence electrons. The fourth-order valence-corrected chi connectivity index (χ4v) is 1.86. The predicted molar refractivity (Wildman–Crippen MR) is 85.6 cm³/mol. The Morgan fingerprint density at radius 1 is 1.00 bits per heavy atom. The first-order valence-electron chi connectivity index (χ1n) is 6.62. The highest BCUT2D eigenvalue weighted by Gasteiger charge is 2.09. The van der Waals surface area contributed by atoms with Crippen molar-refractivity contribution in [1.82, 2.24) is 0 Å². The maximum Gasteiger partial charge on any atom is 0.344 e. The second-order valence-corrected chi connectivity index (χ2v) is 5.37. The summed E-state index contributed by atoms with van der Waals surface area (Å²) in [7, 11) is 0. The van der Waals surface area contributed by atoms with E-state index >= 15 is 0 Å². The van der Waals surface area contributed by atoms with Gasteiger partial charge in [-0.1, -0.05) is 15.9 Å². The van der Waals surface area contributed by atoms with Gasteiger partial charge in [-0.2, -0.15) is 0 Å². The van der Waals surface area contributed by atoms with Gasteiger partial charge < -0.3 is 14.8 Å². The Balaban J connectivity index is 1.70. The van der Waals surface area contributed by atoms with Gasteiger partial charge in [0.05, 0.1) is 0 Å². The van der Waals surface area contributed by atoms with E-state index in [-0.39, 0.29) is 6.61 Å². The molecule has 0 aliphatic rings. The first kappa shape index (κ1) is 17.0. The lowest BCUT2D eigenvalue weighted by Crippen LogP contribution is -2.23. The Labute approximate surface area is 140 Å². The van der Waals surface area contributed by atoms with Crippen LogP contribution in [0.1, 0.15) is 0 Å². The minimum Gasteiger partial charge on any atom is -0.482 e. The summed E-state index contributed by atoms with van der Waals surface area (Å²) in [5, 5.41) is 2.48. The lowest BCUT2D eigenvalue weighted by Gasteiger charge is -2.08. The number of halogens is 2. The van der Waals surface area contributed by atoms with E-state index in [2.05, 4.69) is 21.2 Å². The van der Waals surface area contributed by atoms with Gasteiger partial charge in [-0.05, 0) is 48.5 Å². The molecule has 0 fully saturated rings. The van der Waals surface area contributed by atoms with Crippen LogP contribution in [0.3, 0.4) is 0 Å². The van der Waals surface area contributed by atoms with Crippen LogP contribution in [0.2, 0.25) is 0 Å². The number of carbonyl (C=O) groups is 2. The summed E-state index contributed by atoms with van der Waals surface area (Å²) < 4.78 is 23.6. The number of anilines is 1. The summed E-state index contributed by atoms with van der Waals surface area (Å²) in [4.78, 5) is 23.1. The molecule has 23 heavy (non-hydrogen) atoms. The maximum absolute atomic E-state index is 12.7. The molecular weight excluding hydrogens is 369 g/mol. The van der Waals surface area contributed by atoms with Gasteiger partial charge in [-0.15, -0.1) is 0 Å². The second kappa shape index (κ2) is 8.28. The molecule has 0 heterocycles. The third kappa shape index (κ3) is 6.07. The fourth-order valence-electron chi connectivity index (χ4n) is 1.59. The average molecular weight is 382 g/mol. The first-order chi connectivity index (χ1) is 11.0. The summed E-state index contributed by atoms with van der Waals surface area (Å²) in [6, 6.07) is 12.2. The highest BCUT2D eigenvalue weighted by Crippen LogP contribution is 2.16. The van der Waals surface area contributed by atoms with Crippen LogP contribution in [0.5, 0.6) is 5.75 Å². The number of hydrogen-bond acceptors (Lipinski definition) is 4. The Kier molecular flexibility index (Phi) is 6.10. The Hall–Kier alpha value is -2.41. The molecule has 2 aromatic rings. The van der Waals surface area contributed by atoms with Crippen LogP contribution in [-0.2, 0) is 14.3 Å². The van der Waals surface area contributed by atoms with Crippen LogP contribution in [0, 0.1) is 5.82 Å². The summed E-state index contributed by atoms with van der Waals surface area (Å²) in [5.74, 6) is -1.07. The third-order valence-corrected chi connectivity index (χ3v) is 3.19. The molecule has 5 nitrogen and oxygen atoms in total. The molecule has 2 aromatic carbocycles. The number of rotatable bonds is 6. The summed E-state index contributed by atoms with van der Waals surface area (Å²) in [6.07, 6.45) is 0. The van der Waals surface area contributed by atoms with Gasteiger partial charge in [0.25, 0.3) is 5.91 Å². The van der Waals surface area contributed by atoms with E-state index in [1.165, 1.54) is 24.3 Å². The number of nitrogens with one attached hydrogen (secondary N) is 1. The van der Waals surface area contributed by atoms with Gasteiger partial charge in [0, 0.05) is 10.2 Å². The highest BCUT2D eigenvalue weighted by atomic mass is 79.9. The Morgan fingerprint density at radius 3 is 2.30 bits per heavy atom. The van der Waals surface area contributed by atoms with E-state index in [0.717, 1.165) is 4.47 Å². The molecule has 0 spiro atoms. The van der Waals surface area contributed by atoms with Crippen molar-refractivity contribution in [3.05, 3.63) is 58.8 Å². The van der Waals surface area contributed by atoms with E-state index in [9.17, 15) is 14.0 Å². The van der Waals surface area contributed by atoms with Gasteiger partial charge in [-0.25, -0.2) is 9.18 Å². The van der Waals surface area contributed by atoms with Crippen LogP contribution in [0.15, 0.2) is 53.0 Å². The predicted octanol–water partition coefficient (Wildman–Crippen LogP) is 3.15. The smallest absolute Gasteiger partial charge is 0.344 e. The van der Waals surface area contributed by atoms with Crippen LogP contribution >= 0.6 is 15.9 Å². The number of esters is 1. The van der Waals surface area contributed by atoms with Crippen LogP contribution in [0.4, 0.5) is 10.1 Å². The van der Waals surface area contributed by atoms with Crippen LogP contribution in [-0.4, -0.2) is 25.1 Å². The van der Waals surface area contributed by atoms with Crippen LogP contribution in [0.25, 0.3) is 0 Å². The molecule has 0 atom stereocenters. The van der Waals surface area contributed by atoms with Crippen LogP contribution < -0.4 is 10.1 Å². The molecule has 1 amide bonds. The van der Waals surface area contributed by atoms with E-state index < -0.39 is 24.3 Å². The van der Waals surface area contributed by atoms with Crippen molar-refractivity contribution in [3.63, 3.8) is 0 Å². The molecule has 7 heteroatoms. The minimum atomic E-state index is -0.665. The Morgan fingerprint density at radius 2 is 1.65 bits per heavy atom. The van der Waals surface area contributed by atoms with Crippen molar-refractivity contribution in [2.24, 2.45) is 0 Å². The summed E-state index contributed by atoms with van der Waals surface area (Å²) in [6.45, 7) is -0.745. The molecule has 0 bridgehead atoms. The number of amides is 1. The molecule has 0 saturated heterocycles. The zero-order valence-corrected chi connectivity index (χ0v) is 13.5. The maximum atomic E-state index is 12.7. The van der Waals surface area contributed by atoms with Gasteiger partial charge in [-0.3, -0.25) is 4.79 Å². The van der Waals surface area contributed by atoms with E-state index in [4.69, 9.17) is 9.47 Å². The molecule has 0 aliphatic heterocycles. The molecule has 1 N–H and O–H groups in total. The number of benzene rings is 2. The number of hydrogen-bond donors (Lipinski definition) is 1. The quantitative estimate of drug-likeness (QED) is 0.780. The van der Waals surface area contributed by atoms with Crippen molar-refractivity contribution in [1.29, 1.82) is 0 Å². The van der Waals surface area contributed by atoms with Crippen molar-refractivity contribution >= 4 is 33.5 Å². The fraction of sp³-hybridized carbons (Fsp3) is 0.125. The largest absolute Gasteiger partial charge is 0.482 e. The Bertz CT molecular complexity index is 673. The minimum absolute atomic E-state index is 0.300. The van der Waals surface area contributed by atoms with Gasteiger partial charge in [0.2, 0.25) is 0 Å². The molecule has 0 unspecified atom stereocenters. The van der Waals surface area contributed by atoms with E-state index in [1.54, 1.807) is 24.3 Å². The third-order valence-electron chi connectivity index (χ3n) is 2.66. The molecule has 0 aromatic heterocycles. The molecule has 0 saturated carbocycles. The van der Waals surface area contributed by atoms with Crippen molar-refractivity contribution < 1.29 is 23.5 Å². The zero-order chi connectivity index (χ0) is 16.7. The summed E-state index contributed by atoms with van der Waals surface area (Å²) >= 11 is 3.28. The van der Waals surface area contributed by atoms with Crippen molar-refractivity contribution in [3.8, 4) is 5.75 Å². The van der Waals surface area contributed by atoms with Gasteiger partial charge in [0.15, 0.2) is 13.2 Å². The lowest BCUT2D eigenvalue weighted by molar-refractivity contribution is -0.149. The van der Waals surface area contributed by atoms with Gasteiger partial charge >= 0.3 is 5.97 Å². The lowest BCUT2D eigenvalue weighted by atomic mass is 10.3. The zero-order valence-electron chi connectivity index (χ0n) is 11.9. The highest BCUT2D eigenvalue weighted by molar-refractivity contribution is 9.10. The van der Waals surface area contributed by atoms with E-state index in [0.29, 0.717) is 11.4 Å². The standard InChI is InChI=1S/C16H13BrFNO4/c17-11-1-7-14(8-2-11)22-10-16(21)23-9-15(20)19-13-5-3-12(18)4-6-13/h1-8H,9-10H2,(H,19,20). The normalized spacial score (nSPS) is 10.0. The number of ether oxygens (including phenoxy) is 2. The van der Waals surface area contributed by atoms with Gasteiger partial charge in [0.1, 0.15) is 11.6 Å². The molecule has 0 aliphatic carbocycles. The topological polar surface area (TPSA) is 64.6 Å². The molecular formula is C16H13BrFNO4. The van der Waals surface area contributed by atoms with E-state index in [1.807, 2.05) is 0 Å². The molecule has 0 radical (unpaired) electrons. The monoisotopic (exact) mass is 381 g/mol. The van der Waals surface area contributed by atoms with Crippen molar-refractivity contribution in [2.45, 2.75) is 0 Å². The SMILES string of the molecule is O=C(COC(=O)COc1ccc(Br)cc1)Nc1ccc(F)cc1. The molecule has 2 rings (SSSR count). The second-order valence-electron chi connectivity index (χ2n) is 4.46. The first-order valence-corrected chi connectivity index (χ1v) is 7.41. The van der Waals surface area contributed by atoms with Crippen molar-refractivity contribution in [2.75, 3.05) is 18.5 Å². The number of carbonyl (C=O) groups excluding carboxylic acids is 2.